The van der Waals surface area contributed by atoms with E-state index < -0.39 is 11.4 Å². The minimum atomic E-state index is -1.26. The maximum Gasteiger partial charge on any atom is 0.341 e. The molecule has 0 aliphatic carbocycles. The molecule has 7 heteroatoms. The number of hydrogen-bond acceptors (Lipinski definition) is 5. The first-order valence-corrected chi connectivity index (χ1v) is 7.81. The van der Waals surface area contributed by atoms with Gasteiger partial charge in [0.25, 0.3) is 0 Å². The second-order valence-electron chi connectivity index (χ2n) is 7.00. The number of carboxylic acids is 1. The van der Waals surface area contributed by atoms with Gasteiger partial charge in [-0.05, 0) is 38.5 Å². The fourth-order valence-corrected chi connectivity index (χ4v) is 3.03. The molecule has 2 N–H and O–H groups in total. The minimum absolute atomic E-state index is 0.0214. The number of hydrogen-bond donors (Lipinski definition) is 2. The van der Waals surface area contributed by atoms with Crippen molar-refractivity contribution in [1.82, 2.24) is 4.68 Å². The number of carboxylic acid groups (broad SMARTS) is 1. The van der Waals surface area contributed by atoms with Gasteiger partial charge < -0.3 is 20.0 Å². The molecule has 0 bridgehead atoms. The van der Waals surface area contributed by atoms with Crippen molar-refractivity contribution in [1.29, 1.82) is 0 Å². The number of pyridine rings is 1. The summed E-state index contributed by atoms with van der Waals surface area (Å²) in [6.07, 6.45) is 1.35. The van der Waals surface area contributed by atoms with Crippen LogP contribution in [-0.4, -0.2) is 33.5 Å². The van der Waals surface area contributed by atoms with E-state index >= 15 is 0 Å². The summed E-state index contributed by atoms with van der Waals surface area (Å²) >= 11 is 0. The molecular weight excluding hydrogens is 324 g/mol. The van der Waals surface area contributed by atoms with Crippen LogP contribution in [0, 0.1) is 0 Å². The Morgan fingerprint density at radius 1 is 1.24 bits per heavy atom. The van der Waals surface area contributed by atoms with Crippen LogP contribution in [-0.2, 0) is 6.54 Å². The van der Waals surface area contributed by atoms with Gasteiger partial charge in [-0.1, -0.05) is 0 Å². The summed E-state index contributed by atoms with van der Waals surface area (Å²) in [5.41, 5.74) is 0.927. The third-order valence-corrected chi connectivity index (χ3v) is 4.30. The molecule has 0 spiro atoms. The molecule has 1 aromatic carbocycles. The van der Waals surface area contributed by atoms with E-state index in [0.29, 0.717) is 18.0 Å². The van der Waals surface area contributed by atoms with Gasteiger partial charge in [0, 0.05) is 23.4 Å². The van der Waals surface area contributed by atoms with Crippen molar-refractivity contribution in [3.63, 3.8) is 0 Å². The first kappa shape index (κ1) is 16.9. The van der Waals surface area contributed by atoms with E-state index in [0.717, 1.165) is 11.1 Å². The summed E-state index contributed by atoms with van der Waals surface area (Å²) in [6, 6.07) is 4.60. The van der Waals surface area contributed by atoms with E-state index in [1.807, 2.05) is 25.8 Å². The summed E-state index contributed by atoms with van der Waals surface area (Å²) in [7, 11) is 1.45. The number of phenolic OH excluding ortho intramolecular Hbond substituents is 1. The number of aromatic carboxylic acids is 1. The quantitative estimate of drug-likeness (QED) is 0.867. The standard InChI is InChI=1S/C18H20N2O5/c1-18(2,3)20-8-10-5-15(22)16(25-4)6-11(10)13-7-14(21)12(17(23)24)9-19(13)20/h5-7,9,22H,8H2,1-4H3,(H,23,24). The molecular formula is C18H20N2O5. The van der Waals surface area contributed by atoms with Gasteiger partial charge in [-0.25, -0.2) is 4.79 Å². The van der Waals surface area contributed by atoms with Crippen molar-refractivity contribution in [3.05, 3.63) is 45.7 Å². The Labute approximate surface area is 144 Å². The van der Waals surface area contributed by atoms with E-state index in [1.54, 1.807) is 16.8 Å². The van der Waals surface area contributed by atoms with Crippen LogP contribution in [0.25, 0.3) is 11.3 Å². The van der Waals surface area contributed by atoms with E-state index in [1.165, 1.54) is 19.4 Å². The van der Waals surface area contributed by atoms with Crippen LogP contribution in [0.15, 0.2) is 29.2 Å². The van der Waals surface area contributed by atoms with Gasteiger partial charge >= 0.3 is 5.97 Å². The van der Waals surface area contributed by atoms with Crippen molar-refractivity contribution >= 4 is 5.97 Å². The zero-order valence-electron chi connectivity index (χ0n) is 14.5. The van der Waals surface area contributed by atoms with Gasteiger partial charge in [-0.2, -0.15) is 0 Å². The fourth-order valence-electron chi connectivity index (χ4n) is 3.03. The molecule has 0 saturated heterocycles. The van der Waals surface area contributed by atoms with E-state index in [4.69, 9.17) is 4.74 Å². The second-order valence-corrected chi connectivity index (χ2v) is 7.00. The molecule has 2 aromatic rings. The molecule has 0 atom stereocenters. The molecule has 0 amide bonds. The Morgan fingerprint density at radius 2 is 1.92 bits per heavy atom. The number of nitrogens with zero attached hydrogens (tertiary/aromatic N) is 2. The van der Waals surface area contributed by atoms with Crippen LogP contribution in [0.5, 0.6) is 11.5 Å². The van der Waals surface area contributed by atoms with Gasteiger partial charge in [0.2, 0.25) is 0 Å². The highest BCUT2D eigenvalue weighted by molar-refractivity contribution is 5.88. The Balaban J connectivity index is 2.35. The molecule has 2 heterocycles. The van der Waals surface area contributed by atoms with Crippen LogP contribution in [0.1, 0.15) is 36.7 Å². The average Bonchev–Trinajstić information content (AvgIpc) is 2.51. The van der Waals surface area contributed by atoms with Crippen molar-refractivity contribution < 1.29 is 19.7 Å². The third kappa shape index (κ3) is 2.71. The maximum absolute atomic E-state index is 12.2. The summed E-state index contributed by atoms with van der Waals surface area (Å²) in [5.74, 6) is -0.944. The van der Waals surface area contributed by atoms with Crippen LogP contribution in [0.2, 0.25) is 0 Å². The van der Waals surface area contributed by atoms with Crippen LogP contribution in [0.4, 0.5) is 0 Å². The molecule has 1 aliphatic heterocycles. The predicted molar refractivity (Wildman–Crippen MR) is 93.0 cm³/mol. The number of carbonyl (C=O) groups is 1. The Bertz CT molecular complexity index is 924. The number of phenols is 1. The Morgan fingerprint density at radius 3 is 2.48 bits per heavy atom. The lowest BCUT2D eigenvalue weighted by Gasteiger charge is -2.43. The van der Waals surface area contributed by atoms with Crippen molar-refractivity contribution in [3.8, 4) is 22.8 Å². The number of ether oxygens (including phenoxy) is 1. The number of fused-ring (bicyclic) bond motifs is 3. The van der Waals surface area contributed by atoms with Gasteiger partial charge in [0.05, 0.1) is 19.3 Å². The van der Waals surface area contributed by atoms with E-state index in [9.17, 15) is 19.8 Å². The largest absolute Gasteiger partial charge is 0.504 e. The molecule has 0 fully saturated rings. The molecule has 1 aliphatic rings. The average molecular weight is 344 g/mol. The lowest BCUT2D eigenvalue weighted by Crippen LogP contribution is -2.51. The van der Waals surface area contributed by atoms with Crippen molar-refractivity contribution in [2.75, 3.05) is 12.1 Å². The number of aromatic nitrogens is 1. The minimum Gasteiger partial charge on any atom is -0.504 e. The molecule has 7 nitrogen and oxygen atoms in total. The molecule has 132 valence electrons. The van der Waals surface area contributed by atoms with E-state index in [2.05, 4.69) is 0 Å². The Hall–Kier alpha value is -2.96. The van der Waals surface area contributed by atoms with Gasteiger partial charge in [-0.15, -0.1) is 0 Å². The highest BCUT2D eigenvalue weighted by Gasteiger charge is 2.31. The molecule has 25 heavy (non-hydrogen) atoms. The highest BCUT2D eigenvalue weighted by Crippen LogP contribution is 2.39. The SMILES string of the molecule is COc1cc2c(cc1O)CN(C(C)(C)C)n1cc(C(=O)O)c(=O)cc1-2. The van der Waals surface area contributed by atoms with Crippen LogP contribution in [0.3, 0.4) is 0 Å². The molecule has 0 radical (unpaired) electrons. The highest BCUT2D eigenvalue weighted by atomic mass is 16.5. The normalized spacial score (nSPS) is 13.2. The number of methoxy groups -OCH3 is 1. The first-order valence-electron chi connectivity index (χ1n) is 7.81. The zero-order chi connectivity index (χ0) is 18.5. The van der Waals surface area contributed by atoms with Crippen molar-refractivity contribution in [2.45, 2.75) is 32.9 Å². The van der Waals surface area contributed by atoms with Crippen LogP contribution >= 0.6 is 0 Å². The smallest absolute Gasteiger partial charge is 0.341 e. The van der Waals surface area contributed by atoms with Gasteiger partial charge in [0.1, 0.15) is 5.56 Å². The molecule has 1 aromatic heterocycles. The second kappa shape index (κ2) is 5.54. The topological polar surface area (TPSA) is 92.0 Å². The summed E-state index contributed by atoms with van der Waals surface area (Å²) < 4.78 is 6.87. The lowest BCUT2D eigenvalue weighted by atomic mass is 9.97. The van der Waals surface area contributed by atoms with Crippen LogP contribution < -0.4 is 15.2 Å². The fraction of sp³-hybridized carbons (Fsp3) is 0.333. The summed E-state index contributed by atoms with van der Waals surface area (Å²) in [5, 5.41) is 21.3. The zero-order valence-corrected chi connectivity index (χ0v) is 14.5. The lowest BCUT2D eigenvalue weighted by molar-refractivity contribution is 0.0694. The van der Waals surface area contributed by atoms with Gasteiger partial charge in [-0.3, -0.25) is 9.47 Å². The monoisotopic (exact) mass is 344 g/mol. The summed E-state index contributed by atoms with van der Waals surface area (Å²) in [6.45, 7) is 6.42. The van der Waals surface area contributed by atoms with Crippen molar-refractivity contribution in [2.24, 2.45) is 0 Å². The maximum atomic E-state index is 12.2. The molecule has 0 unspecified atom stereocenters. The summed E-state index contributed by atoms with van der Waals surface area (Å²) in [4.78, 5) is 23.6. The Kier molecular flexibility index (Phi) is 3.74. The van der Waals surface area contributed by atoms with Gasteiger partial charge in [0.15, 0.2) is 16.9 Å². The van der Waals surface area contributed by atoms with E-state index in [-0.39, 0.29) is 16.9 Å². The third-order valence-electron chi connectivity index (χ3n) is 4.30. The molecule has 0 saturated carbocycles. The number of aromatic hydroxyl groups is 1. The first-order chi connectivity index (χ1) is 11.6. The number of rotatable bonds is 2. The molecule has 3 rings (SSSR count). The number of benzene rings is 1. The predicted octanol–water partition coefficient (Wildman–Crippen LogP) is 2.18.